The molecule has 1 aromatic carbocycles. The summed E-state index contributed by atoms with van der Waals surface area (Å²) in [6, 6.07) is 8.74. The summed E-state index contributed by atoms with van der Waals surface area (Å²) in [5.74, 6) is -2.85. The Balaban J connectivity index is 1.90. The van der Waals surface area contributed by atoms with E-state index < -0.39 is 36.2 Å². The molecule has 1 aliphatic carbocycles. The van der Waals surface area contributed by atoms with Crippen LogP contribution in [0.15, 0.2) is 30.3 Å². The molecule has 1 heterocycles. The Morgan fingerprint density at radius 3 is 2.50 bits per heavy atom. The van der Waals surface area contributed by atoms with E-state index in [0.29, 0.717) is 5.56 Å². The minimum absolute atomic E-state index is 0.157. The Morgan fingerprint density at radius 2 is 1.95 bits per heavy atom. The maximum atomic E-state index is 12.1. The average Bonchev–Trinajstić information content (AvgIpc) is 3.06. The molecule has 1 saturated heterocycles. The topological polar surface area (TPSA) is 89.9 Å². The highest BCUT2D eigenvalue weighted by atomic mass is 16.8. The zero-order valence-electron chi connectivity index (χ0n) is 10.4. The van der Waals surface area contributed by atoms with E-state index in [9.17, 15) is 14.4 Å². The Labute approximate surface area is 114 Å². The fraction of sp³-hybridized carbons (Fsp3) is 0.357. The maximum Gasteiger partial charge on any atom is 0.342 e. The third-order valence-electron chi connectivity index (χ3n) is 3.56. The summed E-state index contributed by atoms with van der Waals surface area (Å²) in [7, 11) is 0. The molecule has 1 N–H and O–H groups in total. The maximum absolute atomic E-state index is 12.1. The number of aliphatic carboxylic acids is 1. The predicted octanol–water partition coefficient (Wildman–Crippen LogP) is 1.06. The van der Waals surface area contributed by atoms with Gasteiger partial charge in [0.05, 0.1) is 12.3 Å². The molecular weight excluding hydrogens is 264 g/mol. The van der Waals surface area contributed by atoms with Crippen LogP contribution in [0.25, 0.3) is 0 Å². The Morgan fingerprint density at radius 1 is 1.30 bits per heavy atom. The number of Topliss-reactive ketones (excluding diaryl/α,β-unsaturated/α-hetero) is 1. The van der Waals surface area contributed by atoms with Crippen LogP contribution in [0.1, 0.15) is 24.7 Å². The molecule has 1 aromatic rings. The lowest BCUT2D eigenvalue weighted by atomic mass is 9.94. The van der Waals surface area contributed by atoms with Crippen molar-refractivity contribution in [3.8, 4) is 0 Å². The minimum Gasteiger partial charge on any atom is -0.481 e. The molecule has 3 unspecified atom stereocenters. The summed E-state index contributed by atoms with van der Waals surface area (Å²) in [6.07, 6.45) is -1.37. The molecule has 6 heteroatoms. The monoisotopic (exact) mass is 276 g/mol. The van der Waals surface area contributed by atoms with E-state index in [2.05, 4.69) is 0 Å². The smallest absolute Gasteiger partial charge is 0.342 e. The van der Waals surface area contributed by atoms with Gasteiger partial charge in [0.2, 0.25) is 6.29 Å². The van der Waals surface area contributed by atoms with Crippen LogP contribution < -0.4 is 0 Å². The van der Waals surface area contributed by atoms with E-state index in [-0.39, 0.29) is 12.2 Å². The fourth-order valence-corrected chi connectivity index (χ4v) is 2.46. The van der Waals surface area contributed by atoms with Gasteiger partial charge in [0.15, 0.2) is 5.60 Å². The summed E-state index contributed by atoms with van der Waals surface area (Å²) in [6.45, 7) is 0. The molecule has 0 aromatic heterocycles. The lowest BCUT2D eigenvalue weighted by Gasteiger charge is -2.21. The molecule has 6 nitrogen and oxygen atoms in total. The van der Waals surface area contributed by atoms with Crippen LogP contribution in [0.2, 0.25) is 0 Å². The molecule has 0 spiro atoms. The van der Waals surface area contributed by atoms with Crippen molar-refractivity contribution < 1.29 is 29.0 Å². The Kier molecular flexibility index (Phi) is 2.83. The predicted molar refractivity (Wildman–Crippen MR) is 64.5 cm³/mol. The van der Waals surface area contributed by atoms with E-state index in [4.69, 9.17) is 14.6 Å². The molecule has 1 saturated carbocycles. The number of hydrogen-bond donors (Lipinski definition) is 1. The van der Waals surface area contributed by atoms with Gasteiger partial charge in [0, 0.05) is 12.0 Å². The van der Waals surface area contributed by atoms with Crippen LogP contribution in [0.5, 0.6) is 0 Å². The third-order valence-corrected chi connectivity index (χ3v) is 3.56. The summed E-state index contributed by atoms with van der Waals surface area (Å²) >= 11 is 0. The molecular formula is C14H12O6. The van der Waals surface area contributed by atoms with Crippen LogP contribution in [0.3, 0.4) is 0 Å². The highest BCUT2D eigenvalue weighted by Crippen LogP contribution is 2.48. The van der Waals surface area contributed by atoms with Gasteiger partial charge in [-0.1, -0.05) is 30.3 Å². The van der Waals surface area contributed by atoms with Gasteiger partial charge in [0.1, 0.15) is 5.78 Å². The molecule has 0 amide bonds. The average molecular weight is 276 g/mol. The zero-order chi connectivity index (χ0) is 14.3. The van der Waals surface area contributed by atoms with Crippen LogP contribution in [0, 0.1) is 5.92 Å². The van der Waals surface area contributed by atoms with E-state index in [1.165, 1.54) is 0 Å². The SMILES string of the molecule is O=C(O)CC1(C2CC2=O)OC(c2ccccc2)OC1=O. The van der Waals surface area contributed by atoms with Crippen LogP contribution in [-0.4, -0.2) is 28.4 Å². The van der Waals surface area contributed by atoms with Crippen LogP contribution in [-0.2, 0) is 23.9 Å². The second-order valence-corrected chi connectivity index (χ2v) is 4.95. The number of rotatable bonds is 4. The van der Waals surface area contributed by atoms with Gasteiger partial charge in [-0.05, 0) is 0 Å². The standard InChI is InChI=1S/C14H12O6/c15-10-6-9(10)14(7-11(16)17)13(18)19-12(20-14)8-4-2-1-3-5-8/h1-5,9,12H,6-7H2,(H,16,17). The van der Waals surface area contributed by atoms with Gasteiger partial charge < -0.3 is 14.6 Å². The van der Waals surface area contributed by atoms with Crippen molar-refractivity contribution >= 4 is 17.7 Å². The van der Waals surface area contributed by atoms with Crippen molar-refractivity contribution in [1.29, 1.82) is 0 Å². The van der Waals surface area contributed by atoms with E-state index in [1.807, 2.05) is 0 Å². The van der Waals surface area contributed by atoms with Crippen molar-refractivity contribution in [1.82, 2.24) is 0 Å². The molecule has 3 atom stereocenters. The lowest BCUT2D eigenvalue weighted by molar-refractivity contribution is -0.155. The van der Waals surface area contributed by atoms with Gasteiger partial charge in [0.25, 0.3) is 0 Å². The molecule has 1 aliphatic heterocycles. The first-order valence-electron chi connectivity index (χ1n) is 6.21. The molecule has 0 radical (unpaired) electrons. The summed E-state index contributed by atoms with van der Waals surface area (Å²) in [4.78, 5) is 34.4. The molecule has 2 fully saturated rings. The van der Waals surface area contributed by atoms with Gasteiger partial charge in [-0.25, -0.2) is 4.79 Å². The molecule has 3 rings (SSSR count). The molecule has 20 heavy (non-hydrogen) atoms. The van der Waals surface area contributed by atoms with Crippen molar-refractivity contribution in [3.05, 3.63) is 35.9 Å². The third kappa shape index (κ3) is 1.98. The number of carboxylic acids is 1. The lowest BCUT2D eigenvalue weighted by Crippen LogP contribution is -2.41. The number of hydrogen-bond acceptors (Lipinski definition) is 5. The highest BCUT2D eigenvalue weighted by Gasteiger charge is 2.65. The number of esters is 1. The van der Waals surface area contributed by atoms with E-state index in [1.54, 1.807) is 30.3 Å². The second kappa shape index (κ2) is 4.42. The minimum atomic E-state index is -1.68. The summed E-state index contributed by atoms with van der Waals surface area (Å²) in [5, 5.41) is 8.98. The number of ether oxygens (including phenoxy) is 2. The molecule has 104 valence electrons. The largest absolute Gasteiger partial charge is 0.481 e. The van der Waals surface area contributed by atoms with Crippen molar-refractivity contribution in [2.24, 2.45) is 5.92 Å². The first-order valence-corrected chi connectivity index (χ1v) is 6.21. The number of ketones is 1. The highest BCUT2D eigenvalue weighted by molar-refractivity contribution is 6.04. The van der Waals surface area contributed by atoms with Crippen LogP contribution in [0.4, 0.5) is 0 Å². The first kappa shape index (κ1) is 12.8. The second-order valence-electron chi connectivity index (χ2n) is 4.95. The molecule has 2 aliphatic rings. The van der Waals surface area contributed by atoms with Gasteiger partial charge in [-0.15, -0.1) is 0 Å². The number of carbonyl (C=O) groups excluding carboxylic acids is 2. The van der Waals surface area contributed by atoms with E-state index >= 15 is 0 Å². The van der Waals surface area contributed by atoms with E-state index in [0.717, 1.165) is 0 Å². The van der Waals surface area contributed by atoms with Crippen molar-refractivity contribution in [2.45, 2.75) is 24.7 Å². The number of cyclic esters (lactones) is 1. The van der Waals surface area contributed by atoms with Crippen LogP contribution >= 0.6 is 0 Å². The summed E-state index contributed by atoms with van der Waals surface area (Å²) in [5.41, 5.74) is -1.06. The Hall–Kier alpha value is -2.21. The van der Waals surface area contributed by atoms with Crippen molar-refractivity contribution in [3.63, 3.8) is 0 Å². The number of benzene rings is 1. The Bertz CT molecular complexity index is 581. The quantitative estimate of drug-likeness (QED) is 0.827. The number of carbonyl (C=O) groups is 3. The molecule has 0 bridgehead atoms. The summed E-state index contributed by atoms with van der Waals surface area (Å²) < 4.78 is 10.7. The fourth-order valence-electron chi connectivity index (χ4n) is 2.46. The van der Waals surface area contributed by atoms with Crippen molar-refractivity contribution in [2.75, 3.05) is 0 Å². The zero-order valence-corrected chi connectivity index (χ0v) is 10.4. The first-order chi connectivity index (χ1) is 9.53. The van der Waals surface area contributed by atoms with Gasteiger partial charge in [-0.2, -0.15) is 0 Å². The normalized spacial score (nSPS) is 32.0. The van der Waals surface area contributed by atoms with Gasteiger partial charge >= 0.3 is 11.9 Å². The number of carboxylic acid groups (broad SMARTS) is 1. The van der Waals surface area contributed by atoms with Gasteiger partial charge in [-0.3, -0.25) is 9.59 Å².